The van der Waals surface area contributed by atoms with Crippen molar-refractivity contribution in [3.8, 4) is 5.75 Å². The molecule has 2 saturated heterocycles. The zero-order valence-corrected chi connectivity index (χ0v) is 16.1. The number of para-hydroxylation sites is 1. The van der Waals surface area contributed by atoms with E-state index in [4.69, 9.17) is 9.47 Å². The third kappa shape index (κ3) is 4.40. The Morgan fingerprint density at radius 1 is 1.14 bits per heavy atom. The molecule has 0 N–H and O–H groups in total. The van der Waals surface area contributed by atoms with Gasteiger partial charge in [0.1, 0.15) is 23.8 Å². The molecule has 1 atom stereocenters. The number of anilines is 1. The van der Waals surface area contributed by atoms with Gasteiger partial charge in [0.25, 0.3) is 11.8 Å². The molecule has 2 aliphatic rings. The number of benzene rings is 2. The van der Waals surface area contributed by atoms with E-state index in [1.807, 2.05) is 18.2 Å². The highest BCUT2D eigenvalue weighted by molar-refractivity contribution is 5.95. The van der Waals surface area contributed by atoms with Gasteiger partial charge in [0, 0.05) is 12.2 Å². The van der Waals surface area contributed by atoms with Gasteiger partial charge in [-0.25, -0.2) is 4.39 Å². The molecule has 6 nitrogen and oxygen atoms in total. The Balaban J connectivity index is 1.43. The maximum Gasteiger partial charge on any atom is 0.260 e. The Bertz CT molecular complexity index is 891. The molecule has 0 radical (unpaired) electrons. The van der Waals surface area contributed by atoms with Crippen molar-refractivity contribution in [2.45, 2.75) is 18.4 Å². The van der Waals surface area contributed by atoms with Crippen molar-refractivity contribution in [1.82, 2.24) is 4.90 Å². The van der Waals surface area contributed by atoms with Gasteiger partial charge in [0.15, 0.2) is 6.61 Å². The van der Waals surface area contributed by atoms with E-state index in [1.165, 1.54) is 12.1 Å². The smallest absolute Gasteiger partial charge is 0.260 e. The second kappa shape index (κ2) is 8.21. The predicted octanol–water partition coefficient (Wildman–Crippen LogP) is 2.63. The van der Waals surface area contributed by atoms with Crippen LogP contribution in [0.4, 0.5) is 10.1 Å². The van der Waals surface area contributed by atoms with Gasteiger partial charge in [-0.1, -0.05) is 24.3 Å². The molecule has 2 amide bonds. The summed E-state index contributed by atoms with van der Waals surface area (Å²) in [5, 5.41) is 0. The zero-order chi connectivity index (χ0) is 20.3. The highest BCUT2D eigenvalue weighted by Crippen LogP contribution is 2.32. The number of hydrogen-bond donors (Lipinski definition) is 0. The first-order valence-corrected chi connectivity index (χ1v) is 9.70. The number of morpholine rings is 1. The van der Waals surface area contributed by atoms with E-state index < -0.39 is 11.4 Å². The van der Waals surface area contributed by atoms with Crippen LogP contribution in [0.5, 0.6) is 5.75 Å². The Labute approximate surface area is 168 Å². The lowest BCUT2D eigenvalue weighted by Crippen LogP contribution is -2.62. The molecule has 0 aromatic heterocycles. The molecular formula is C22H23FN2O4. The molecule has 7 heteroatoms. The molecule has 152 valence electrons. The summed E-state index contributed by atoms with van der Waals surface area (Å²) in [6.45, 7) is 1.16. The van der Waals surface area contributed by atoms with Crippen LogP contribution in [0.15, 0.2) is 54.6 Å². The molecule has 2 heterocycles. The third-order valence-corrected chi connectivity index (χ3v) is 5.37. The van der Waals surface area contributed by atoms with Crippen LogP contribution in [0.2, 0.25) is 0 Å². The third-order valence-electron chi connectivity index (χ3n) is 5.37. The monoisotopic (exact) mass is 398 g/mol. The normalized spacial score (nSPS) is 22.0. The molecule has 0 bridgehead atoms. The van der Waals surface area contributed by atoms with E-state index in [1.54, 1.807) is 34.1 Å². The maximum atomic E-state index is 13.6. The fourth-order valence-electron chi connectivity index (χ4n) is 3.90. The molecular weight excluding hydrogens is 375 g/mol. The highest BCUT2D eigenvalue weighted by atomic mass is 19.1. The average molecular weight is 398 g/mol. The second-order valence-corrected chi connectivity index (χ2v) is 7.45. The van der Waals surface area contributed by atoms with E-state index in [2.05, 4.69) is 0 Å². The van der Waals surface area contributed by atoms with Gasteiger partial charge >= 0.3 is 0 Å². The lowest BCUT2D eigenvalue weighted by atomic mass is 9.90. The molecule has 1 unspecified atom stereocenters. The molecule has 2 fully saturated rings. The molecule has 0 aliphatic carbocycles. The Kier molecular flexibility index (Phi) is 5.49. The fourth-order valence-corrected chi connectivity index (χ4v) is 3.90. The topological polar surface area (TPSA) is 59.1 Å². The molecule has 2 aromatic rings. The van der Waals surface area contributed by atoms with Crippen LogP contribution in [-0.2, 0) is 14.3 Å². The molecule has 2 aromatic carbocycles. The van der Waals surface area contributed by atoms with E-state index >= 15 is 0 Å². The summed E-state index contributed by atoms with van der Waals surface area (Å²) in [5.41, 5.74) is -0.144. The lowest BCUT2D eigenvalue weighted by Gasteiger charge is -2.47. The summed E-state index contributed by atoms with van der Waals surface area (Å²) in [6.07, 6.45) is 1.50. The number of amides is 2. The molecule has 1 spiro atoms. The van der Waals surface area contributed by atoms with Crippen molar-refractivity contribution in [3.05, 3.63) is 60.4 Å². The number of rotatable bonds is 4. The Morgan fingerprint density at radius 3 is 2.76 bits per heavy atom. The summed E-state index contributed by atoms with van der Waals surface area (Å²) >= 11 is 0. The number of ether oxygens (including phenoxy) is 2. The van der Waals surface area contributed by atoms with Crippen LogP contribution in [0.25, 0.3) is 0 Å². The minimum Gasteiger partial charge on any atom is -0.484 e. The van der Waals surface area contributed by atoms with E-state index in [9.17, 15) is 14.0 Å². The fraction of sp³-hybridized carbons (Fsp3) is 0.364. The minimum absolute atomic E-state index is 0.0490. The van der Waals surface area contributed by atoms with E-state index in [0.717, 1.165) is 12.8 Å². The van der Waals surface area contributed by atoms with Crippen molar-refractivity contribution >= 4 is 17.5 Å². The van der Waals surface area contributed by atoms with Crippen molar-refractivity contribution < 1.29 is 23.5 Å². The number of nitrogens with zero attached hydrogens (tertiary/aromatic N) is 2. The van der Waals surface area contributed by atoms with Crippen LogP contribution in [0.1, 0.15) is 12.8 Å². The number of hydrogen-bond acceptors (Lipinski definition) is 4. The van der Waals surface area contributed by atoms with Gasteiger partial charge in [-0.05, 0) is 43.2 Å². The Hall–Kier alpha value is -2.93. The quantitative estimate of drug-likeness (QED) is 0.795. The maximum absolute atomic E-state index is 13.6. The number of piperidine rings is 1. The summed E-state index contributed by atoms with van der Waals surface area (Å²) < 4.78 is 25.1. The van der Waals surface area contributed by atoms with Crippen molar-refractivity contribution in [2.75, 3.05) is 37.7 Å². The van der Waals surface area contributed by atoms with Crippen molar-refractivity contribution in [2.24, 2.45) is 0 Å². The minimum atomic E-state index is -0.652. The van der Waals surface area contributed by atoms with Crippen LogP contribution >= 0.6 is 0 Å². The lowest BCUT2D eigenvalue weighted by molar-refractivity contribution is -0.154. The largest absolute Gasteiger partial charge is 0.484 e. The predicted molar refractivity (Wildman–Crippen MR) is 105 cm³/mol. The van der Waals surface area contributed by atoms with Gasteiger partial charge in [-0.2, -0.15) is 0 Å². The standard InChI is InChI=1S/C22H23FN2O4/c23-17-6-4-7-18(12-17)25-16-22(29-14-21(25)27)10-5-11-24(15-22)20(26)13-28-19-8-2-1-3-9-19/h1-4,6-9,12H,5,10-11,13-16H2. The average Bonchev–Trinajstić information content (AvgIpc) is 2.75. The second-order valence-electron chi connectivity index (χ2n) is 7.45. The van der Waals surface area contributed by atoms with Crippen LogP contribution < -0.4 is 9.64 Å². The first-order valence-electron chi connectivity index (χ1n) is 9.70. The van der Waals surface area contributed by atoms with Gasteiger partial charge in [-0.15, -0.1) is 0 Å². The molecule has 4 rings (SSSR count). The van der Waals surface area contributed by atoms with Gasteiger partial charge in [0.2, 0.25) is 0 Å². The summed E-state index contributed by atoms with van der Waals surface area (Å²) in [6, 6.07) is 15.2. The Morgan fingerprint density at radius 2 is 1.97 bits per heavy atom. The summed E-state index contributed by atoms with van der Waals surface area (Å²) in [4.78, 5) is 28.3. The first kappa shape index (κ1) is 19.4. The number of likely N-dealkylation sites (tertiary alicyclic amines) is 1. The highest BCUT2D eigenvalue weighted by Gasteiger charge is 2.44. The van der Waals surface area contributed by atoms with Crippen LogP contribution in [0, 0.1) is 5.82 Å². The van der Waals surface area contributed by atoms with Crippen LogP contribution in [0.3, 0.4) is 0 Å². The van der Waals surface area contributed by atoms with E-state index in [0.29, 0.717) is 31.1 Å². The number of halogens is 1. The summed E-state index contributed by atoms with van der Waals surface area (Å²) in [5.74, 6) is -0.0819. The van der Waals surface area contributed by atoms with Crippen LogP contribution in [-0.4, -0.2) is 55.2 Å². The van der Waals surface area contributed by atoms with Crippen molar-refractivity contribution in [1.29, 1.82) is 0 Å². The number of carbonyl (C=O) groups is 2. The first-order chi connectivity index (χ1) is 14.0. The number of carbonyl (C=O) groups excluding carboxylic acids is 2. The molecule has 29 heavy (non-hydrogen) atoms. The van der Waals surface area contributed by atoms with Gasteiger partial charge in [0.05, 0.1) is 13.1 Å². The van der Waals surface area contributed by atoms with Gasteiger partial charge < -0.3 is 19.3 Å². The van der Waals surface area contributed by atoms with E-state index in [-0.39, 0.29) is 25.0 Å². The molecule has 2 aliphatic heterocycles. The SMILES string of the molecule is O=C(COc1ccccc1)N1CCCC2(C1)CN(c1cccc(F)c1)C(=O)CO2. The zero-order valence-electron chi connectivity index (χ0n) is 16.1. The van der Waals surface area contributed by atoms with Gasteiger partial charge in [-0.3, -0.25) is 9.59 Å². The summed E-state index contributed by atoms with van der Waals surface area (Å²) in [7, 11) is 0. The molecule has 0 saturated carbocycles. The van der Waals surface area contributed by atoms with Crippen molar-refractivity contribution in [3.63, 3.8) is 0 Å².